The summed E-state index contributed by atoms with van der Waals surface area (Å²) in [4.78, 5) is 15.8. The Morgan fingerprint density at radius 1 is 1.24 bits per heavy atom. The molecule has 0 aliphatic rings. The lowest BCUT2D eigenvalue weighted by molar-refractivity contribution is 0.0160. The molecule has 1 aromatic heterocycles. The third-order valence-electron chi connectivity index (χ3n) is 3.65. The maximum Gasteiger partial charge on any atom is 0.337 e. The lowest BCUT2D eigenvalue weighted by Crippen LogP contribution is -2.45. The van der Waals surface area contributed by atoms with Crippen LogP contribution in [0.4, 0.5) is 0 Å². The van der Waals surface area contributed by atoms with E-state index in [0.717, 1.165) is 0 Å². The van der Waals surface area contributed by atoms with Crippen molar-refractivity contribution in [3.05, 3.63) is 29.6 Å². The fourth-order valence-electron chi connectivity index (χ4n) is 2.46. The van der Waals surface area contributed by atoms with Gasteiger partial charge in [0.05, 0.1) is 36.4 Å². The Morgan fingerprint density at radius 3 is 2.33 bits per heavy atom. The van der Waals surface area contributed by atoms with Crippen LogP contribution in [0.25, 0.3) is 11.0 Å². The number of carboxylic acid groups (broad SMARTS) is 1. The van der Waals surface area contributed by atoms with Crippen LogP contribution >= 0.6 is 0 Å². The summed E-state index contributed by atoms with van der Waals surface area (Å²) in [5.41, 5.74) is -0.643. The van der Waals surface area contributed by atoms with Gasteiger partial charge in [-0.2, -0.15) is 0 Å². The molecule has 0 amide bonds. The zero-order chi connectivity index (χ0) is 15.6. The standard InChI is InChI=1S/C14H18N2O5/c1-2-11-15-10-5-3-4-9(13(20)21)12(10)16(11)14(6-17,7-18)8-19/h3-5,17-19H,2,6-8H2,1H3,(H,20,21). The van der Waals surface area contributed by atoms with E-state index in [0.29, 0.717) is 23.3 Å². The number of para-hydroxylation sites is 1. The maximum absolute atomic E-state index is 11.4. The van der Waals surface area contributed by atoms with Crippen LogP contribution in [0.2, 0.25) is 0 Å². The monoisotopic (exact) mass is 294 g/mol. The van der Waals surface area contributed by atoms with Gasteiger partial charge in [-0.1, -0.05) is 13.0 Å². The molecule has 114 valence electrons. The van der Waals surface area contributed by atoms with E-state index in [4.69, 9.17) is 0 Å². The second-order valence-electron chi connectivity index (χ2n) is 4.89. The van der Waals surface area contributed by atoms with Crippen molar-refractivity contribution in [2.24, 2.45) is 0 Å². The van der Waals surface area contributed by atoms with Crippen LogP contribution in [0.3, 0.4) is 0 Å². The zero-order valence-corrected chi connectivity index (χ0v) is 11.7. The number of carbonyl (C=O) groups is 1. The van der Waals surface area contributed by atoms with Crippen LogP contribution in [0.5, 0.6) is 0 Å². The fourth-order valence-corrected chi connectivity index (χ4v) is 2.46. The van der Waals surface area contributed by atoms with Crippen molar-refractivity contribution in [3.63, 3.8) is 0 Å². The average Bonchev–Trinajstić information content (AvgIpc) is 2.89. The van der Waals surface area contributed by atoms with Crippen LogP contribution < -0.4 is 0 Å². The van der Waals surface area contributed by atoms with Crippen LogP contribution in [-0.4, -0.2) is 55.8 Å². The molecule has 0 spiro atoms. The van der Waals surface area contributed by atoms with E-state index in [1.807, 2.05) is 6.92 Å². The number of nitrogens with zero attached hydrogens (tertiary/aromatic N) is 2. The van der Waals surface area contributed by atoms with Gasteiger partial charge in [0.2, 0.25) is 0 Å². The largest absolute Gasteiger partial charge is 0.478 e. The molecule has 2 aromatic rings. The van der Waals surface area contributed by atoms with Crippen molar-refractivity contribution >= 4 is 17.0 Å². The Bertz CT molecular complexity index is 652. The number of fused-ring (bicyclic) bond motifs is 1. The van der Waals surface area contributed by atoms with Gasteiger partial charge in [-0.3, -0.25) is 0 Å². The van der Waals surface area contributed by atoms with Crippen molar-refractivity contribution in [1.29, 1.82) is 0 Å². The Morgan fingerprint density at radius 2 is 1.86 bits per heavy atom. The number of aromatic carboxylic acids is 1. The fraction of sp³-hybridized carbons (Fsp3) is 0.429. The molecule has 0 radical (unpaired) electrons. The molecule has 0 bridgehead atoms. The molecular formula is C14H18N2O5. The summed E-state index contributed by atoms with van der Waals surface area (Å²) in [6.45, 7) is 0.222. The number of aliphatic hydroxyl groups excluding tert-OH is 3. The minimum absolute atomic E-state index is 0.0134. The van der Waals surface area contributed by atoms with Gasteiger partial charge < -0.3 is 25.0 Å². The Kier molecular flexibility index (Phi) is 4.26. The van der Waals surface area contributed by atoms with Gasteiger partial charge in [-0.05, 0) is 12.1 Å². The molecule has 0 unspecified atom stereocenters. The topological polar surface area (TPSA) is 116 Å². The number of aromatic nitrogens is 2. The molecule has 4 N–H and O–H groups in total. The Labute approximate surface area is 121 Å². The molecule has 2 rings (SSSR count). The lowest BCUT2D eigenvalue weighted by Gasteiger charge is -2.31. The third kappa shape index (κ3) is 2.29. The lowest BCUT2D eigenvalue weighted by atomic mass is 10.0. The maximum atomic E-state index is 11.4. The van der Waals surface area contributed by atoms with Gasteiger partial charge in [-0.15, -0.1) is 0 Å². The third-order valence-corrected chi connectivity index (χ3v) is 3.65. The molecule has 0 saturated heterocycles. The smallest absolute Gasteiger partial charge is 0.337 e. The highest BCUT2D eigenvalue weighted by Crippen LogP contribution is 2.28. The molecule has 0 atom stereocenters. The van der Waals surface area contributed by atoms with Crippen LogP contribution in [0.15, 0.2) is 18.2 Å². The minimum atomic E-state index is -1.40. The van der Waals surface area contributed by atoms with E-state index in [1.165, 1.54) is 10.6 Å². The average molecular weight is 294 g/mol. The molecular weight excluding hydrogens is 276 g/mol. The molecule has 0 fully saturated rings. The second kappa shape index (κ2) is 5.80. The summed E-state index contributed by atoms with van der Waals surface area (Å²) >= 11 is 0. The molecule has 0 aliphatic heterocycles. The molecule has 0 aliphatic carbocycles. The number of hydrogen-bond donors (Lipinski definition) is 4. The molecule has 0 saturated carbocycles. The first kappa shape index (κ1) is 15.4. The Balaban J connectivity index is 2.91. The van der Waals surface area contributed by atoms with Crippen molar-refractivity contribution in [3.8, 4) is 0 Å². The van der Waals surface area contributed by atoms with Gasteiger partial charge in [0.25, 0.3) is 0 Å². The number of benzene rings is 1. The predicted octanol–water partition coefficient (Wildman–Crippen LogP) is -0.0309. The highest BCUT2D eigenvalue weighted by Gasteiger charge is 2.35. The molecule has 1 heterocycles. The quantitative estimate of drug-likeness (QED) is 0.594. The number of rotatable bonds is 6. The SMILES string of the molecule is CCc1nc2cccc(C(=O)O)c2n1C(CO)(CO)CO. The van der Waals surface area contributed by atoms with Gasteiger partial charge in [0, 0.05) is 6.42 Å². The van der Waals surface area contributed by atoms with E-state index in [2.05, 4.69) is 4.98 Å². The normalized spacial score (nSPS) is 12.0. The van der Waals surface area contributed by atoms with Crippen molar-refractivity contribution in [2.75, 3.05) is 19.8 Å². The highest BCUT2D eigenvalue weighted by atomic mass is 16.4. The minimum Gasteiger partial charge on any atom is -0.478 e. The van der Waals surface area contributed by atoms with E-state index in [9.17, 15) is 25.2 Å². The van der Waals surface area contributed by atoms with Crippen molar-refractivity contribution in [1.82, 2.24) is 9.55 Å². The highest BCUT2D eigenvalue weighted by molar-refractivity contribution is 6.01. The van der Waals surface area contributed by atoms with Crippen LogP contribution in [0.1, 0.15) is 23.1 Å². The van der Waals surface area contributed by atoms with Crippen molar-refractivity contribution < 1.29 is 25.2 Å². The summed E-state index contributed by atoms with van der Waals surface area (Å²) in [6.07, 6.45) is 0.468. The van der Waals surface area contributed by atoms with E-state index >= 15 is 0 Å². The molecule has 7 heteroatoms. The summed E-state index contributed by atoms with van der Waals surface area (Å²) in [5, 5.41) is 38.3. The van der Waals surface area contributed by atoms with E-state index in [1.54, 1.807) is 12.1 Å². The van der Waals surface area contributed by atoms with Gasteiger partial charge in [0.1, 0.15) is 11.4 Å². The van der Waals surface area contributed by atoms with E-state index in [-0.39, 0.29) is 5.56 Å². The first-order chi connectivity index (χ1) is 10.0. The Hall–Kier alpha value is -1.96. The zero-order valence-electron chi connectivity index (χ0n) is 11.7. The molecule has 1 aromatic carbocycles. The number of carboxylic acids is 1. The first-order valence-corrected chi connectivity index (χ1v) is 6.61. The van der Waals surface area contributed by atoms with E-state index < -0.39 is 31.3 Å². The van der Waals surface area contributed by atoms with Crippen LogP contribution in [-0.2, 0) is 12.0 Å². The number of aliphatic hydroxyl groups is 3. The van der Waals surface area contributed by atoms with Gasteiger partial charge in [-0.25, -0.2) is 9.78 Å². The second-order valence-corrected chi connectivity index (χ2v) is 4.89. The van der Waals surface area contributed by atoms with Crippen molar-refractivity contribution in [2.45, 2.75) is 18.9 Å². The number of hydrogen-bond acceptors (Lipinski definition) is 5. The summed E-state index contributed by atoms with van der Waals surface area (Å²) in [7, 11) is 0. The van der Waals surface area contributed by atoms with Crippen LogP contribution in [0, 0.1) is 0 Å². The van der Waals surface area contributed by atoms with Gasteiger partial charge >= 0.3 is 5.97 Å². The molecule has 21 heavy (non-hydrogen) atoms. The number of aryl methyl sites for hydroxylation is 1. The predicted molar refractivity (Wildman–Crippen MR) is 75.3 cm³/mol. The number of imidazole rings is 1. The van der Waals surface area contributed by atoms with Gasteiger partial charge in [0.15, 0.2) is 0 Å². The molecule has 7 nitrogen and oxygen atoms in total. The summed E-state index contributed by atoms with van der Waals surface area (Å²) in [6, 6.07) is 4.68. The first-order valence-electron chi connectivity index (χ1n) is 6.61. The summed E-state index contributed by atoms with van der Waals surface area (Å²) in [5.74, 6) is -0.636. The summed E-state index contributed by atoms with van der Waals surface area (Å²) < 4.78 is 1.45.